The molecule has 2 aromatic carbocycles. The summed E-state index contributed by atoms with van der Waals surface area (Å²) in [6.45, 7) is 5.44. The van der Waals surface area contributed by atoms with Crippen LogP contribution in [0.5, 0.6) is 5.75 Å². The van der Waals surface area contributed by atoms with Crippen molar-refractivity contribution in [2.75, 3.05) is 0 Å². The largest absolute Gasteiger partial charge is 0.429 e. The van der Waals surface area contributed by atoms with E-state index in [0.717, 1.165) is 24.0 Å². The minimum absolute atomic E-state index is 0.0486. The van der Waals surface area contributed by atoms with E-state index < -0.39 is 6.11 Å². The van der Waals surface area contributed by atoms with Crippen molar-refractivity contribution in [1.29, 1.82) is 0 Å². The van der Waals surface area contributed by atoms with Gasteiger partial charge in [-0.3, -0.25) is 4.79 Å². The van der Waals surface area contributed by atoms with Gasteiger partial charge in [0.05, 0.1) is 5.56 Å². The van der Waals surface area contributed by atoms with Crippen molar-refractivity contribution in [1.82, 2.24) is 0 Å². The Bertz CT molecular complexity index is 689. The maximum absolute atomic E-state index is 14.2. The van der Waals surface area contributed by atoms with Crippen LogP contribution in [0.3, 0.4) is 0 Å². The molecule has 0 aliphatic carbocycles. The lowest BCUT2D eigenvalue weighted by Crippen LogP contribution is -2.21. The number of hydrogen-bond donors (Lipinski definition) is 0. The van der Waals surface area contributed by atoms with E-state index in [9.17, 15) is 13.6 Å². The number of ketones is 1. The number of halogens is 2. The van der Waals surface area contributed by atoms with E-state index in [1.807, 2.05) is 6.92 Å². The van der Waals surface area contributed by atoms with Crippen LogP contribution in [0.1, 0.15) is 30.0 Å². The molecule has 0 amide bonds. The fourth-order valence-electron chi connectivity index (χ4n) is 2.31. The molecule has 126 valence electrons. The van der Waals surface area contributed by atoms with Crippen molar-refractivity contribution >= 4 is 5.78 Å². The van der Waals surface area contributed by atoms with Gasteiger partial charge in [0.2, 0.25) is 0 Å². The molecule has 0 aromatic heterocycles. The van der Waals surface area contributed by atoms with Crippen molar-refractivity contribution in [2.45, 2.75) is 32.3 Å². The van der Waals surface area contributed by atoms with Crippen molar-refractivity contribution in [2.24, 2.45) is 0 Å². The van der Waals surface area contributed by atoms with Gasteiger partial charge in [0, 0.05) is 6.42 Å². The Hall–Kier alpha value is -2.49. The highest BCUT2D eigenvalue weighted by Gasteiger charge is 2.34. The number of carbonyl (C=O) groups is 1. The summed E-state index contributed by atoms with van der Waals surface area (Å²) >= 11 is 0. The van der Waals surface area contributed by atoms with Gasteiger partial charge < -0.3 is 4.74 Å². The molecular weight excluding hydrogens is 310 g/mol. The number of carbonyl (C=O) groups excluding carboxylic acids is 1. The minimum atomic E-state index is -3.41. The fourth-order valence-corrected chi connectivity index (χ4v) is 2.31. The summed E-state index contributed by atoms with van der Waals surface area (Å²) in [5.74, 6) is -0.0754. The Morgan fingerprint density at radius 1 is 1.08 bits per heavy atom. The van der Waals surface area contributed by atoms with Crippen LogP contribution in [0.2, 0.25) is 0 Å². The third kappa shape index (κ3) is 4.75. The van der Waals surface area contributed by atoms with E-state index in [1.54, 1.807) is 24.3 Å². The molecule has 0 N–H and O–H groups in total. The lowest BCUT2D eigenvalue weighted by Gasteiger charge is -2.18. The Labute approximate surface area is 140 Å². The highest BCUT2D eigenvalue weighted by Crippen LogP contribution is 2.31. The predicted octanol–water partition coefficient (Wildman–Crippen LogP) is 5.07. The van der Waals surface area contributed by atoms with Crippen LogP contribution in [0.4, 0.5) is 8.78 Å². The number of rotatable bonds is 8. The van der Waals surface area contributed by atoms with E-state index in [2.05, 4.69) is 6.58 Å². The van der Waals surface area contributed by atoms with E-state index in [1.165, 1.54) is 30.3 Å². The average Bonchev–Trinajstić information content (AvgIpc) is 2.57. The standard InChI is InChI=1S/C20H20F2O2/c1-3-5-15-6-10-17(11-7-15)20(21,22)24-19-12-8-16(9-13-19)14-18(23)4-2/h4,6-13H,2-3,5,14H2,1H3. The molecule has 2 aromatic rings. The molecule has 0 aliphatic rings. The normalized spacial score (nSPS) is 11.1. The first-order valence-electron chi connectivity index (χ1n) is 7.85. The summed E-state index contributed by atoms with van der Waals surface area (Å²) in [5, 5.41) is 0. The second kappa shape index (κ2) is 7.86. The van der Waals surface area contributed by atoms with Gasteiger partial charge in [-0.15, -0.1) is 0 Å². The Kier molecular flexibility index (Phi) is 5.85. The number of aryl methyl sites for hydroxylation is 1. The van der Waals surface area contributed by atoms with Crippen LogP contribution in [0.25, 0.3) is 0 Å². The molecule has 2 nitrogen and oxygen atoms in total. The SMILES string of the molecule is C=CC(=O)Cc1ccc(OC(F)(F)c2ccc(CCC)cc2)cc1. The van der Waals surface area contributed by atoms with Crippen LogP contribution in [0.15, 0.2) is 61.2 Å². The van der Waals surface area contributed by atoms with Crippen LogP contribution in [0, 0.1) is 0 Å². The molecule has 0 radical (unpaired) electrons. The van der Waals surface area contributed by atoms with Crippen molar-refractivity contribution in [3.05, 3.63) is 77.9 Å². The monoisotopic (exact) mass is 330 g/mol. The first-order chi connectivity index (χ1) is 11.4. The number of ether oxygens (including phenoxy) is 1. The van der Waals surface area contributed by atoms with Gasteiger partial charge >= 0.3 is 6.11 Å². The maximum atomic E-state index is 14.2. The zero-order valence-electron chi connectivity index (χ0n) is 13.6. The lowest BCUT2D eigenvalue weighted by molar-refractivity contribution is -0.185. The molecule has 4 heteroatoms. The molecule has 24 heavy (non-hydrogen) atoms. The molecular formula is C20H20F2O2. The van der Waals surface area contributed by atoms with Crippen LogP contribution in [-0.4, -0.2) is 5.78 Å². The highest BCUT2D eigenvalue weighted by atomic mass is 19.3. The third-order valence-electron chi connectivity index (χ3n) is 3.60. The van der Waals surface area contributed by atoms with Gasteiger partial charge in [-0.25, -0.2) is 0 Å². The highest BCUT2D eigenvalue weighted by molar-refractivity contribution is 5.90. The van der Waals surface area contributed by atoms with Crippen LogP contribution < -0.4 is 4.74 Å². The van der Waals surface area contributed by atoms with E-state index in [0.29, 0.717) is 0 Å². The number of alkyl halides is 2. The van der Waals surface area contributed by atoms with E-state index in [-0.39, 0.29) is 23.5 Å². The minimum Gasteiger partial charge on any atom is -0.429 e. The molecule has 0 saturated heterocycles. The molecule has 0 saturated carbocycles. The van der Waals surface area contributed by atoms with Gasteiger partial charge in [0.25, 0.3) is 0 Å². The van der Waals surface area contributed by atoms with Gasteiger partial charge in [-0.2, -0.15) is 8.78 Å². The number of benzene rings is 2. The molecule has 0 fully saturated rings. The lowest BCUT2D eigenvalue weighted by atomic mass is 10.1. The van der Waals surface area contributed by atoms with Crippen LogP contribution >= 0.6 is 0 Å². The molecule has 0 bridgehead atoms. The van der Waals surface area contributed by atoms with E-state index >= 15 is 0 Å². The summed E-state index contributed by atoms with van der Waals surface area (Å²) in [6.07, 6.45) is -0.159. The molecule has 0 unspecified atom stereocenters. The summed E-state index contributed by atoms with van der Waals surface area (Å²) < 4.78 is 33.3. The first kappa shape index (κ1) is 17.9. The van der Waals surface area contributed by atoms with Crippen LogP contribution in [-0.2, 0) is 23.7 Å². The molecule has 0 heterocycles. The summed E-state index contributed by atoms with van der Waals surface area (Å²) in [6, 6.07) is 12.2. The Balaban J connectivity index is 2.07. The summed E-state index contributed by atoms with van der Waals surface area (Å²) in [7, 11) is 0. The van der Waals surface area contributed by atoms with Crippen molar-refractivity contribution in [3.63, 3.8) is 0 Å². The second-order valence-corrected chi connectivity index (χ2v) is 5.56. The first-order valence-corrected chi connectivity index (χ1v) is 7.85. The number of hydrogen-bond acceptors (Lipinski definition) is 2. The summed E-state index contributed by atoms with van der Waals surface area (Å²) in [5.41, 5.74) is 1.56. The molecule has 0 spiro atoms. The number of allylic oxidation sites excluding steroid dienone is 1. The third-order valence-corrected chi connectivity index (χ3v) is 3.60. The maximum Gasteiger partial charge on any atom is 0.426 e. The molecule has 2 rings (SSSR count). The zero-order chi connectivity index (χ0) is 17.6. The molecule has 0 atom stereocenters. The summed E-state index contributed by atoms with van der Waals surface area (Å²) in [4.78, 5) is 11.3. The second-order valence-electron chi connectivity index (χ2n) is 5.56. The topological polar surface area (TPSA) is 26.3 Å². The van der Waals surface area contributed by atoms with Gasteiger partial charge in [0.15, 0.2) is 5.78 Å². The molecule has 0 aliphatic heterocycles. The smallest absolute Gasteiger partial charge is 0.426 e. The van der Waals surface area contributed by atoms with Crippen molar-refractivity contribution in [3.8, 4) is 5.75 Å². The van der Waals surface area contributed by atoms with Gasteiger partial charge in [-0.05, 0) is 47.9 Å². The average molecular weight is 330 g/mol. The predicted molar refractivity (Wildman–Crippen MR) is 90.3 cm³/mol. The Morgan fingerprint density at radius 2 is 1.67 bits per heavy atom. The van der Waals surface area contributed by atoms with Crippen molar-refractivity contribution < 1.29 is 18.3 Å². The fraction of sp³-hybridized carbons (Fsp3) is 0.250. The van der Waals surface area contributed by atoms with Gasteiger partial charge in [0.1, 0.15) is 5.75 Å². The quantitative estimate of drug-likeness (QED) is 0.632. The van der Waals surface area contributed by atoms with Gasteiger partial charge in [-0.1, -0.05) is 44.2 Å². The zero-order valence-corrected chi connectivity index (χ0v) is 13.6. The van der Waals surface area contributed by atoms with E-state index in [4.69, 9.17) is 4.74 Å². The Morgan fingerprint density at radius 3 is 2.21 bits per heavy atom.